The minimum atomic E-state index is -1.25. The zero-order valence-electron chi connectivity index (χ0n) is 18.8. The predicted molar refractivity (Wildman–Crippen MR) is 120 cm³/mol. The fourth-order valence-corrected chi connectivity index (χ4v) is 3.86. The zero-order valence-corrected chi connectivity index (χ0v) is 18.8. The van der Waals surface area contributed by atoms with Crippen LogP contribution in [0.5, 0.6) is 0 Å². The molecule has 0 fully saturated rings. The molecule has 1 aliphatic rings. The van der Waals surface area contributed by atoms with E-state index < -0.39 is 22.8 Å². The topological polar surface area (TPSA) is 121 Å². The number of carboxylic acid groups (broad SMARTS) is 1. The van der Waals surface area contributed by atoms with Crippen molar-refractivity contribution in [1.82, 2.24) is 0 Å². The average molecular weight is 457 g/mol. The highest BCUT2D eigenvalue weighted by atomic mass is 16.7. The van der Waals surface area contributed by atoms with Gasteiger partial charge in [-0.05, 0) is 62.8 Å². The second kappa shape index (κ2) is 10.6. The van der Waals surface area contributed by atoms with Crippen molar-refractivity contribution < 1.29 is 33.5 Å². The largest absolute Gasteiger partial charge is 0.478 e. The van der Waals surface area contributed by atoms with E-state index in [4.69, 9.17) is 18.6 Å². The number of aliphatic carboxylic acids is 1. The summed E-state index contributed by atoms with van der Waals surface area (Å²) in [6, 6.07) is 9.49. The Kier molecular flexibility index (Phi) is 7.80. The molecule has 1 heterocycles. The van der Waals surface area contributed by atoms with Crippen molar-refractivity contribution in [2.75, 3.05) is 19.8 Å². The van der Waals surface area contributed by atoms with E-state index >= 15 is 0 Å². The fourth-order valence-electron chi connectivity index (χ4n) is 3.86. The molecule has 1 aromatic heterocycles. The van der Waals surface area contributed by atoms with Crippen LogP contribution in [0, 0.1) is 10.1 Å². The molecule has 0 radical (unpaired) electrons. The first-order valence-corrected chi connectivity index (χ1v) is 10.7. The molecule has 0 amide bonds. The molecular formula is C24H27NO8. The van der Waals surface area contributed by atoms with Crippen LogP contribution >= 0.6 is 0 Å². The Hall–Kier alpha value is -3.27. The number of benzene rings is 1. The summed E-state index contributed by atoms with van der Waals surface area (Å²) in [7, 11) is 0. The molecule has 1 aliphatic carbocycles. The molecule has 3 rings (SSSR count). The Balaban J connectivity index is 1.97. The van der Waals surface area contributed by atoms with Gasteiger partial charge in [0.15, 0.2) is 0 Å². The first-order valence-electron chi connectivity index (χ1n) is 10.7. The summed E-state index contributed by atoms with van der Waals surface area (Å²) < 4.78 is 23.8. The Bertz CT molecular complexity index is 1040. The van der Waals surface area contributed by atoms with Crippen LogP contribution in [0.25, 0.3) is 11.3 Å². The van der Waals surface area contributed by atoms with Crippen LogP contribution in [0.4, 0.5) is 5.69 Å². The number of hydrogen-bond donors (Lipinski definition) is 1. The number of furan rings is 1. The highest BCUT2D eigenvalue weighted by molar-refractivity contribution is 5.91. The van der Waals surface area contributed by atoms with Crippen LogP contribution in [-0.4, -0.2) is 47.7 Å². The first-order chi connectivity index (χ1) is 15.8. The lowest BCUT2D eigenvalue weighted by Crippen LogP contribution is -2.51. The molecule has 2 aromatic rings. The van der Waals surface area contributed by atoms with Crippen LogP contribution in [0.3, 0.4) is 0 Å². The molecule has 1 N–H and O–H groups in total. The molecule has 1 aromatic carbocycles. The monoisotopic (exact) mass is 457 g/mol. The number of hydrogen-bond acceptors (Lipinski definition) is 7. The SMILES string of the molecule is CCOC1C(Cc2ccc(-c3ccc([N+](=O)[O-])cc3)o2)=C(C(=O)O)C=CC1(OCC)OCC. The molecule has 0 bridgehead atoms. The smallest absolute Gasteiger partial charge is 0.335 e. The maximum Gasteiger partial charge on any atom is 0.335 e. The third-order valence-corrected chi connectivity index (χ3v) is 5.20. The first kappa shape index (κ1) is 24.4. The van der Waals surface area contributed by atoms with E-state index in [-0.39, 0.29) is 17.7 Å². The van der Waals surface area contributed by atoms with Gasteiger partial charge in [-0.15, -0.1) is 0 Å². The van der Waals surface area contributed by atoms with Crippen molar-refractivity contribution in [3.63, 3.8) is 0 Å². The minimum Gasteiger partial charge on any atom is -0.478 e. The second-order valence-electron chi connectivity index (χ2n) is 7.25. The Morgan fingerprint density at radius 1 is 1.09 bits per heavy atom. The van der Waals surface area contributed by atoms with Gasteiger partial charge in [0.05, 0.1) is 10.5 Å². The molecule has 9 nitrogen and oxygen atoms in total. The molecule has 0 saturated carbocycles. The number of nitro benzene ring substituents is 1. The summed E-state index contributed by atoms with van der Waals surface area (Å²) in [5, 5.41) is 20.7. The van der Waals surface area contributed by atoms with Gasteiger partial charge in [0.1, 0.15) is 17.6 Å². The van der Waals surface area contributed by atoms with Crippen molar-refractivity contribution in [3.05, 3.63) is 75.6 Å². The maximum atomic E-state index is 12.0. The quantitative estimate of drug-likeness (QED) is 0.297. The van der Waals surface area contributed by atoms with Crippen LogP contribution in [0.2, 0.25) is 0 Å². The fraction of sp³-hybridized carbons (Fsp3) is 0.375. The van der Waals surface area contributed by atoms with Crippen molar-refractivity contribution in [2.45, 2.75) is 39.1 Å². The maximum absolute atomic E-state index is 12.0. The van der Waals surface area contributed by atoms with Gasteiger partial charge in [-0.3, -0.25) is 10.1 Å². The van der Waals surface area contributed by atoms with Crippen LogP contribution in [0.15, 0.2) is 64.1 Å². The molecule has 0 saturated heterocycles. The number of nitro groups is 1. The lowest BCUT2D eigenvalue weighted by molar-refractivity contribution is -0.384. The lowest BCUT2D eigenvalue weighted by Gasteiger charge is -2.40. The van der Waals surface area contributed by atoms with E-state index in [1.54, 1.807) is 30.3 Å². The van der Waals surface area contributed by atoms with Crippen LogP contribution in [-0.2, 0) is 25.4 Å². The van der Waals surface area contributed by atoms with E-state index in [2.05, 4.69) is 0 Å². The molecule has 0 aliphatic heterocycles. The number of rotatable bonds is 11. The van der Waals surface area contributed by atoms with Gasteiger partial charge < -0.3 is 23.7 Å². The van der Waals surface area contributed by atoms with Crippen molar-refractivity contribution in [2.24, 2.45) is 0 Å². The third-order valence-electron chi connectivity index (χ3n) is 5.20. The van der Waals surface area contributed by atoms with E-state index in [0.29, 0.717) is 42.5 Å². The predicted octanol–water partition coefficient (Wildman–Crippen LogP) is 4.52. The van der Waals surface area contributed by atoms with E-state index in [1.807, 2.05) is 20.8 Å². The normalized spacial score (nSPS) is 17.4. The molecule has 1 atom stereocenters. The summed E-state index contributed by atoms with van der Waals surface area (Å²) in [4.78, 5) is 22.4. The van der Waals surface area contributed by atoms with Crippen molar-refractivity contribution in [1.29, 1.82) is 0 Å². The minimum absolute atomic E-state index is 0.0153. The van der Waals surface area contributed by atoms with Crippen molar-refractivity contribution in [3.8, 4) is 11.3 Å². The Morgan fingerprint density at radius 2 is 1.76 bits per heavy atom. The van der Waals surface area contributed by atoms with E-state index in [9.17, 15) is 20.0 Å². The summed E-state index contributed by atoms with van der Waals surface area (Å²) in [5.74, 6) is -1.31. The van der Waals surface area contributed by atoms with E-state index in [0.717, 1.165) is 0 Å². The van der Waals surface area contributed by atoms with E-state index in [1.165, 1.54) is 18.2 Å². The van der Waals surface area contributed by atoms with Gasteiger partial charge in [0.25, 0.3) is 5.69 Å². The Labute approximate surface area is 191 Å². The summed E-state index contributed by atoms with van der Waals surface area (Å²) >= 11 is 0. The summed E-state index contributed by atoms with van der Waals surface area (Å²) in [6.45, 7) is 6.48. The summed E-state index contributed by atoms with van der Waals surface area (Å²) in [6.07, 6.45) is 2.45. The highest BCUT2D eigenvalue weighted by Crippen LogP contribution is 2.37. The lowest BCUT2D eigenvalue weighted by atomic mass is 9.87. The molecular weight excluding hydrogens is 430 g/mol. The third kappa shape index (κ3) is 5.22. The number of carboxylic acids is 1. The molecule has 9 heteroatoms. The highest BCUT2D eigenvalue weighted by Gasteiger charge is 2.46. The molecule has 33 heavy (non-hydrogen) atoms. The zero-order chi connectivity index (χ0) is 24.0. The van der Waals surface area contributed by atoms with Gasteiger partial charge in [-0.2, -0.15) is 0 Å². The number of non-ortho nitro benzene ring substituents is 1. The van der Waals surface area contributed by atoms with Crippen LogP contribution in [0.1, 0.15) is 26.5 Å². The molecule has 0 spiro atoms. The standard InChI is InChI=1S/C24H27NO8/c1-4-30-22-20(19(23(26)27)13-14-24(22,31-5-2)32-6-3)15-18-11-12-21(33-18)16-7-9-17(10-8-16)25(28)29/h7-14,22H,4-6,15H2,1-3H3,(H,26,27). The second-order valence-corrected chi connectivity index (χ2v) is 7.25. The molecule has 176 valence electrons. The number of carbonyl (C=O) groups is 1. The Morgan fingerprint density at radius 3 is 2.30 bits per heavy atom. The van der Waals surface area contributed by atoms with Crippen molar-refractivity contribution >= 4 is 11.7 Å². The number of nitrogens with zero attached hydrogens (tertiary/aromatic N) is 1. The molecule has 1 unspecified atom stereocenters. The van der Waals surface area contributed by atoms with Gasteiger partial charge in [-0.1, -0.05) is 0 Å². The number of ether oxygens (including phenoxy) is 3. The van der Waals surface area contributed by atoms with Gasteiger partial charge in [0.2, 0.25) is 5.79 Å². The van der Waals surface area contributed by atoms with Gasteiger partial charge >= 0.3 is 5.97 Å². The van der Waals surface area contributed by atoms with Gasteiger partial charge in [-0.25, -0.2) is 4.79 Å². The average Bonchev–Trinajstić information content (AvgIpc) is 3.25. The van der Waals surface area contributed by atoms with Crippen LogP contribution < -0.4 is 0 Å². The van der Waals surface area contributed by atoms with Gasteiger partial charge in [0, 0.05) is 43.9 Å². The summed E-state index contributed by atoms with van der Waals surface area (Å²) in [5.41, 5.74) is 1.22.